The summed E-state index contributed by atoms with van der Waals surface area (Å²) in [7, 11) is -3.66. The predicted octanol–water partition coefficient (Wildman–Crippen LogP) is 4.31. The maximum Gasteiger partial charge on any atom is 0.206 e. The summed E-state index contributed by atoms with van der Waals surface area (Å²) in [5.41, 5.74) is 1.59. The second-order valence-corrected chi connectivity index (χ2v) is 7.59. The molecule has 1 N–H and O–H groups in total. The molecule has 0 radical (unpaired) electrons. The lowest BCUT2D eigenvalue weighted by molar-refractivity contribution is 0.475. The van der Waals surface area contributed by atoms with Gasteiger partial charge >= 0.3 is 0 Å². The van der Waals surface area contributed by atoms with Gasteiger partial charge in [-0.3, -0.25) is 0 Å². The molecule has 3 aromatic rings. The van der Waals surface area contributed by atoms with E-state index in [0.717, 1.165) is 11.1 Å². The Morgan fingerprint density at radius 2 is 1.50 bits per heavy atom. The van der Waals surface area contributed by atoms with Gasteiger partial charge in [-0.1, -0.05) is 12.0 Å². The van der Waals surface area contributed by atoms with Gasteiger partial charge in [-0.05, 0) is 67.6 Å². The number of hydrogen-bond acceptors (Lipinski definition) is 4. The average Bonchev–Trinajstić information content (AvgIpc) is 2.64. The Morgan fingerprint density at radius 3 is 2.08 bits per heavy atom. The number of benzene rings is 3. The molecule has 5 heteroatoms. The summed E-state index contributed by atoms with van der Waals surface area (Å²) in [6.45, 7) is 1.87. The number of sulfone groups is 1. The van der Waals surface area contributed by atoms with Crippen molar-refractivity contribution in [2.24, 2.45) is 0 Å². The second-order valence-electron chi connectivity index (χ2n) is 5.64. The number of phenols is 1. The van der Waals surface area contributed by atoms with Crippen molar-refractivity contribution >= 4 is 9.84 Å². The Balaban J connectivity index is 1.87. The van der Waals surface area contributed by atoms with E-state index >= 15 is 0 Å². The number of ether oxygens (including phenoxy) is 1. The molecule has 0 amide bonds. The first-order chi connectivity index (χ1) is 12.4. The molecule has 130 valence electrons. The third-order valence-electron chi connectivity index (χ3n) is 3.95. The predicted molar refractivity (Wildman–Crippen MR) is 99.2 cm³/mol. The van der Waals surface area contributed by atoms with Gasteiger partial charge in [0.05, 0.1) is 9.79 Å². The quantitative estimate of drug-likeness (QED) is 0.701. The van der Waals surface area contributed by atoms with Crippen LogP contribution in [0.15, 0.2) is 76.5 Å². The summed E-state index contributed by atoms with van der Waals surface area (Å²) >= 11 is 0. The first kappa shape index (κ1) is 17.6. The molecular formula is C21H16O4S. The molecule has 0 fully saturated rings. The van der Waals surface area contributed by atoms with Crippen LogP contribution in [0.2, 0.25) is 0 Å². The van der Waals surface area contributed by atoms with Crippen molar-refractivity contribution in [3.63, 3.8) is 0 Å². The molecule has 4 nitrogen and oxygen atoms in total. The van der Waals surface area contributed by atoms with E-state index in [0.29, 0.717) is 11.5 Å². The van der Waals surface area contributed by atoms with Crippen LogP contribution in [-0.4, -0.2) is 13.5 Å². The molecule has 0 aliphatic rings. The first-order valence-corrected chi connectivity index (χ1v) is 9.28. The Hall–Kier alpha value is -3.23. The topological polar surface area (TPSA) is 63.6 Å². The van der Waals surface area contributed by atoms with Crippen LogP contribution in [0.1, 0.15) is 11.1 Å². The lowest BCUT2D eigenvalue weighted by Gasteiger charge is -2.11. The number of terminal acetylenes is 1. The standard InChI is InChI=1S/C21H16O4S/c1-3-16-5-4-6-21(15(16)2)25-18-9-13-20(14-10-18)26(23,24)19-11-7-17(22)8-12-19/h1,4-14,22H,2H3. The highest BCUT2D eigenvalue weighted by molar-refractivity contribution is 7.91. The van der Waals surface area contributed by atoms with E-state index in [1.807, 2.05) is 13.0 Å². The van der Waals surface area contributed by atoms with E-state index < -0.39 is 9.84 Å². The molecule has 0 saturated carbocycles. The molecule has 26 heavy (non-hydrogen) atoms. The van der Waals surface area contributed by atoms with Gasteiger partial charge in [-0.15, -0.1) is 6.42 Å². The monoisotopic (exact) mass is 364 g/mol. The lowest BCUT2D eigenvalue weighted by atomic mass is 10.1. The van der Waals surface area contributed by atoms with Crippen molar-refractivity contribution in [2.75, 3.05) is 0 Å². The second kappa shape index (κ2) is 6.95. The molecule has 0 aliphatic carbocycles. The molecule has 0 heterocycles. The minimum absolute atomic E-state index is 0.0114. The number of rotatable bonds is 4. The van der Waals surface area contributed by atoms with Crippen LogP contribution in [0.3, 0.4) is 0 Å². The summed E-state index contributed by atoms with van der Waals surface area (Å²) in [5.74, 6) is 3.73. The zero-order valence-electron chi connectivity index (χ0n) is 14.0. The van der Waals surface area contributed by atoms with Crippen LogP contribution in [0.5, 0.6) is 17.2 Å². The fraction of sp³-hybridized carbons (Fsp3) is 0.0476. The maximum atomic E-state index is 12.6. The van der Waals surface area contributed by atoms with Crippen LogP contribution < -0.4 is 4.74 Å². The first-order valence-electron chi connectivity index (χ1n) is 7.80. The maximum absolute atomic E-state index is 12.6. The van der Waals surface area contributed by atoms with Gasteiger partial charge in [0.15, 0.2) is 0 Å². The van der Waals surface area contributed by atoms with E-state index in [2.05, 4.69) is 5.92 Å². The van der Waals surface area contributed by atoms with Gasteiger partial charge in [-0.25, -0.2) is 8.42 Å². The molecule has 0 bridgehead atoms. The highest BCUT2D eigenvalue weighted by Crippen LogP contribution is 2.29. The zero-order chi connectivity index (χ0) is 18.7. The Kier molecular flexibility index (Phi) is 4.70. The Labute approximate surface area is 152 Å². The molecule has 3 rings (SSSR count). The number of aromatic hydroxyl groups is 1. The van der Waals surface area contributed by atoms with E-state index in [9.17, 15) is 13.5 Å². The molecule has 0 aliphatic heterocycles. The normalized spacial score (nSPS) is 10.9. The lowest BCUT2D eigenvalue weighted by Crippen LogP contribution is -2.01. The molecule has 0 spiro atoms. The Morgan fingerprint density at radius 1 is 0.923 bits per heavy atom. The summed E-state index contributed by atoms with van der Waals surface area (Å²) in [4.78, 5) is 0.256. The minimum atomic E-state index is -3.66. The summed E-state index contributed by atoms with van der Waals surface area (Å²) in [6.07, 6.45) is 5.46. The SMILES string of the molecule is C#Cc1cccc(Oc2ccc(S(=O)(=O)c3ccc(O)cc3)cc2)c1C. The molecular weight excluding hydrogens is 348 g/mol. The van der Waals surface area contributed by atoms with Gasteiger partial charge in [-0.2, -0.15) is 0 Å². The van der Waals surface area contributed by atoms with Crippen molar-refractivity contribution in [3.8, 4) is 29.6 Å². The van der Waals surface area contributed by atoms with Gasteiger partial charge in [0.25, 0.3) is 0 Å². The van der Waals surface area contributed by atoms with Crippen LogP contribution >= 0.6 is 0 Å². The minimum Gasteiger partial charge on any atom is -0.508 e. The summed E-state index contributed by atoms with van der Waals surface area (Å²) in [5, 5.41) is 9.31. The van der Waals surface area contributed by atoms with Gasteiger partial charge in [0, 0.05) is 11.1 Å². The van der Waals surface area contributed by atoms with E-state index in [4.69, 9.17) is 11.2 Å². The average molecular weight is 364 g/mol. The molecule has 0 saturated heterocycles. The zero-order valence-corrected chi connectivity index (χ0v) is 14.8. The van der Waals surface area contributed by atoms with E-state index in [1.54, 1.807) is 24.3 Å². The van der Waals surface area contributed by atoms with Crippen LogP contribution in [0.25, 0.3) is 0 Å². The Bertz CT molecular complexity index is 1070. The third-order valence-corrected chi connectivity index (χ3v) is 5.73. The van der Waals surface area contributed by atoms with Crippen molar-refractivity contribution in [3.05, 3.63) is 77.9 Å². The van der Waals surface area contributed by atoms with E-state index in [1.165, 1.54) is 36.4 Å². The van der Waals surface area contributed by atoms with Crippen LogP contribution in [0.4, 0.5) is 0 Å². The molecule has 0 atom stereocenters. The van der Waals surface area contributed by atoms with Crippen molar-refractivity contribution in [1.29, 1.82) is 0 Å². The summed E-state index contributed by atoms with van der Waals surface area (Å²) < 4.78 is 31.0. The fourth-order valence-electron chi connectivity index (χ4n) is 2.46. The van der Waals surface area contributed by atoms with Crippen LogP contribution in [-0.2, 0) is 9.84 Å². The van der Waals surface area contributed by atoms with E-state index in [-0.39, 0.29) is 15.5 Å². The molecule has 0 unspecified atom stereocenters. The van der Waals surface area contributed by atoms with Crippen molar-refractivity contribution in [2.45, 2.75) is 16.7 Å². The van der Waals surface area contributed by atoms with Gasteiger partial charge in [0.2, 0.25) is 9.84 Å². The summed E-state index contributed by atoms with van der Waals surface area (Å²) in [6, 6.07) is 17.0. The van der Waals surface area contributed by atoms with Crippen LogP contribution in [0, 0.1) is 19.3 Å². The van der Waals surface area contributed by atoms with Crippen molar-refractivity contribution in [1.82, 2.24) is 0 Å². The number of phenolic OH excluding ortho intramolecular Hbond substituents is 1. The third kappa shape index (κ3) is 3.41. The van der Waals surface area contributed by atoms with Gasteiger partial charge in [0.1, 0.15) is 17.2 Å². The highest BCUT2D eigenvalue weighted by Gasteiger charge is 2.17. The van der Waals surface area contributed by atoms with Gasteiger partial charge < -0.3 is 9.84 Å². The van der Waals surface area contributed by atoms with Crippen molar-refractivity contribution < 1.29 is 18.3 Å². The largest absolute Gasteiger partial charge is 0.508 e. The number of hydrogen-bond donors (Lipinski definition) is 1. The molecule has 0 aromatic heterocycles. The fourth-order valence-corrected chi connectivity index (χ4v) is 3.72. The molecule has 3 aromatic carbocycles. The highest BCUT2D eigenvalue weighted by atomic mass is 32.2. The smallest absolute Gasteiger partial charge is 0.206 e.